The van der Waals surface area contributed by atoms with E-state index >= 15 is 0 Å². The fourth-order valence-corrected chi connectivity index (χ4v) is 1.52. The maximum absolute atomic E-state index is 11.3. The molecule has 1 N–H and O–H groups in total. The highest BCUT2D eigenvalue weighted by atomic mass is 16.5. The average molecular weight is 308 g/mol. The minimum absolute atomic E-state index is 0.117. The SMILES string of the molecule is CCOC(=O)/C=C/c1occ(C(=O)O)c1/C=C/C(=O)OCC. The Bertz CT molecular complexity index is 607. The van der Waals surface area contributed by atoms with Gasteiger partial charge < -0.3 is 19.0 Å². The zero-order valence-corrected chi connectivity index (χ0v) is 12.2. The fraction of sp³-hybridized carbons (Fsp3) is 0.267. The van der Waals surface area contributed by atoms with Gasteiger partial charge in [-0.25, -0.2) is 14.4 Å². The molecule has 0 spiro atoms. The molecule has 22 heavy (non-hydrogen) atoms. The molecule has 0 aromatic carbocycles. The van der Waals surface area contributed by atoms with Crippen molar-refractivity contribution in [3.63, 3.8) is 0 Å². The topological polar surface area (TPSA) is 103 Å². The molecule has 0 aliphatic rings. The van der Waals surface area contributed by atoms with Crippen molar-refractivity contribution in [2.24, 2.45) is 0 Å². The molecular formula is C15H16O7. The lowest BCUT2D eigenvalue weighted by atomic mass is 10.1. The van der Waals surface area contributed by atoms with Gasteiger partial charge in [-0.15, -0.1) is 0 Å². The normalized spacial score (nSPS) is 11.0. The lowest BCUT2D eigenvalue weighted by Crippen LogP contribution is -2.00. The molecule has 0 unspecified atom stereocenters. The van der Waals surface area contributed by atoms with Gasteiger partial charge >= 0.3 is 17.9 Å². The van der Waals surface area contributed by atoms with Gasteiger partial charge in [-0.1, -0.05) is 0 Å². The zero-order valence-electron chi connectivity index (χ0n) is 12.2. The Kier molecular flexibility index (Phi) is 6.62. The Balaban J connectivity index is 3.06. The van der Waals surface area contributed by atoms with Crippen LogP contribution in [0.25, 0.3) is 12.2 Å². The van der Waals surface area contributed by atoms with Gasteiger partial charge in [-0.3, -0.25) is 0 Å². The second kappa shape index (κ2) is 8.46. The molecule has 1 heterocycles. The highest BCUT2D eigenvalue weighted by molar-refractivity contribution is 5.97. The third-order valence-corrected chi connectivity index (χ3v) is 2.42. The number of hydrogen-bond acceptors (Lipinski definition) is 6. The number of furan rings is 1. The van der Waals surface area contributed by atoms with Crippen LogP contribution in [0.2, 0.25) is 0 Å². The van der Waals surface area contributed by atoms with Gasteiger partial charge in [0.15, 0.2) is 0 Å². The summed E-state index contributed by atoms with van der Waals surface area (Å²) < 4.78 is 14.5. The van der Waals surface area contributed by atoms with Crippen molar-refractivity contribution in [1.29, 1.82) is 0 Å². The van der Waals surface area contributed by atoms with Crippen LogP contribution in [0.4, 0.5) is 0 Å². The number of hydrogen-bond donors (Lipinski definition) is 1. The molecule has 0 amide bonds. The zero-order chi connectivity index (χ0) is 16.5. The number of carboxylic acid groups (broad SMARTS) is 1. The first kappa shape index (κ1) is 17.2. The second-order valence-electron chi connectivity index (χ2n) is 3.90. The van der Waals surface area contributed by atoms with Crippen molar-refractivity contribution in [3.05, 3.63) is 35.3 Å². The molecule has 0 atom stereocenters. The number of carbonyl (C=O) groups excluding carboxylic acids is 2. The van der Waals surface area contributed by atoms with E-state index in [0.717, 1.165) is 18.4 Å². The van der Waals surface area contributed by atoms with E-state index in [4.69, 9.17) is 19.0 Å². The summed E-state index contributed by atoms with van der Waals surface area (Å²) in [6, 6.07) is 0. The molecule has 0 radical (unpaired) electrons. The highest BCUT2D eigenvalue weighted by Crippen LogP contribution is 2.21. The summed E-state index contributed by atoms with van der Waals surface area (Å²) in [5, 5.41) is 9.08. The molecule has 0 saturated carbocycles. The first-order valence-corrected chi connectivity index (χ1v) is 6.54. The van der Waals surface area contributed by atoms with E-state index in [1.165, 1.54) is 12.2 Å². The number of ether oxygens (including phenoxy) is 2. The predicted molar refractivity (Wildman–Crippen MR) is 77.0 cm³/mol. The molecule has 118 valence electrons. The summed E-state index contributed by atoms with van der Waals surface area (Å²) in [5.74, 6) is -2.30. The van der Waals surface area contributed by atoms with E-state index in [2.05, 4.69) is 0 Å². The van der Waals surface area contributed by atoms with Crippen molar-refractivity contribution >= 4 is 30.1 Å². The van der Waals surface area contributed by atoms with E-state index in [1.807, 2.05) is 0 Å². The van der Waals surface area contributed by atoms with Crippen LogP contribution in [0.1, 0.15) is 35.5 Å². The number of esters is 2. The molecule has 1 rings (SSSR count). The van der Waals surface area contributed by atoms with E-state index in [9.17, 15) is 14.4 Å². The van der Waals surface area contributed by atoms with Gasteiger partial charge in [-0.05, 0) is 26.0 Å². The third kappa shape index (κ3) is 4.93. The van der Waals surface area contributed by atoms with Gasteiger partial charge in [0.25, 0.3) is 0 Å². The summed E-state index contributed by atoms with van der Waals surface area (Å²) in [6.45, 7) is 3.74. The Morgan fingerprint density at radius 3 is 2.14 bits per heavy atom. The van der Waals surface area contributed by atoms with Crippen LogP contribution < -0.4 is 0 Å². The fourth-order valence-electron chi connectivity index (χ4n) is 1.52. The molecule has 0 aliphatic carbocycles. The summed E-state index contributed by atoms with van der Waals surface area (Å²) >= 11 is 0. The van der Waals surface area contributed by atoms with Crippen LogP contribution >= 0.6 is 0 Å². The van der Waals surface area contributed by atoms with Gasteiger partial charge in [-0.2, -0.15) is 0 Å². The number of carboxylic acids is 1. The largest absolute Gasteiger partial charge is 0.478 e. The monoisotopic (exact) mass is 308 g/mol. The van der Waals surface area contributed by atoms with Gasteiger partial charge in [0.2, 0.25) is 0 Å². The van der Waals surface area contributed by atoms with Gasteiger partial charge in [0.1, 0.15) is 17.6 Å². The minimum atomic E-state index is -1.22. The lowest BCUT2D eigenvalue weighted by molar-refractivity contribution is -0.138. The standard InChI is InChI=1S/C15H16O7/c1-3-20-13(16)7-5-10-11(15(18)19)9-22-12(10)6-8-14(17)21-4-2/h5-9H,3-4H2,1-2H3,(H,18,19)/b7-5+,8-6+. The van der Waals surface area contributed by atoms with E-state index in [-0.39, 0.29) is 30.1 Å². The summed E-state index contributed by atoms with van der Waals surface area (Å²) in [5.41, 5.74) is 0.0187. The number of rotatable bonds is 7. The lowest BCUT2D eigenvalue weighted by Gasteiger charge is -1.97. The van der Waals surface area contributed by atoms with E-state index in [1.54, 1.807) is 13.8 Å². The molecular weight excluding hydrogens is 292 g/mol. The van der Waals surface area contributed by atoms with Crippen LogP contribution in [0.15, 0.2) is 22.8 Å². The smallest absolute Gasteiger partial charge is 0.339 e. The molecule has 0 saturated heterocycles. The van der Waals surface area contributed by atoms with Crippen LogP contribution in [0.5, 0.6) is 0 Å². The van der Waals surface area contributed by atoms with Gasteiger partial charge in [0, 0.05) is 17.7 Å². The van der Waals surface area contributed by atoms with Crippen LogP contribution in [0.3, 0.4) is 0 Å². The molecule has 0 bridgehead atoms. The Labute approximate surface area is 126 Å². The van der Waals surface area contributed by atoms with E-state index < -0.39 is 17.9 Å². The minimum Gasteiger partial charge on any atom is -0.478 e. The molecule has 7 nitrogen and oxygen atoms in total. The molecule has 7 heteroatoms. The molecule has 1 aromatic rings. The Morgan fingerprint density at radius 1 is 1.09 bits per heavy atom. The average Bonchev–Trinajstić information content (AvgIpc) is 2.86. The van der Waals surface area contributed by atoms with Crippen LogP contribution in [0, 0.1) is 0 Å². The predicted octanol–water partition coefficient (Wildman–Crippen LogP) is 2.13. The Morgan fingerprint density at radius 2 is 1.64 bits per heavy atom. The maximum Gasteiger partial charge on any atom is 0.339 e. The first-order valence-electron chi connectivity index (χ1n) is 6.54. The third-order valence-electron chi connectivity index (χ3n) is 2.42. The van der Waals surface area contributed by atoms with Crippen LogP contribution in [-0.2, 0) is 19.1 Å². The molecule has 1 aromatic heterocycles. The highest BCUT2D eigenvalue weighted by Gasteiger charge is 2.16. The van der Waals surface area contributed by atoms with E-state index in [0.29, 0.717) is 0 Å². The van der Waals surface area contributed by atoms with Crippen molar-refractivity contribution in [1.82, 2.24) is 0 Å². The van der Waals surface area contributed by atoms with Crippen molar-refractivity contribution in [2.45, 2.75) is 13.8 Å². The summed E-state index contributed by atoms with van der Waals surface area (Å²) in [7, 11) is 0. The van der Waals surface area contributed by atoms with Gasteiger partial charge in [0.05, 0.1) is 13.2 Å². The summed E-state index contributed by atoms with van der Waals surface area (Å²) in [4.78, 5) is 33.7. The maximum atomic E-state index is 11.3. The van der Waals surface area contributed by atoms with Crippen molar-refractivity contribution < 1.29 is 33.4 Å². The Hall–Kier alpha value is -2.83. The number of carbonyl (C=O) groups is 3. The first-order chi connectivity index (χ1) is 10.5. The van der Waals surface area contributed by atoms with Crippen molar-refractivity contribution in [3.8, 4) is 0 Å². The van der Waals surface area contributed by atoms with Crippen LogP contribution in [-0.4, -0.2) is 36.2 Å². The summed E-state index contributed by atoms with van der Waals surface area (Å²) in [6.07, 6.45) is 5.75. The van der Waals surface area contributed by atoms with Crippen molar-refractivity contribution in [2.75, 3.05) is 13.2 Å². The second-order valence-corrected chi connectivity index (χ2v) is 3.90. The quantitative estimate of drug-likeness (QED) is 0.608. The number of aromatic carboxylic acids is 1. The molecule has 0 aliphatic heterocycles. The molecule has 0 fully saturated rings.